The lowest BCUT2D eigenvalue weighted by Crippen LogP contribution is -2.50. The first kappa shape index (κ1) is 17.0. The van der Waals surface area contributed by atoms with Crippen molar-refractivity contribution in [2.24, 2.45) is 0 Å². The fourth-order valence-electron chi connectivity index (χ4n) is 3.21. The molecule has 1 aromatic heterocycles. The number of likely N-dealkylation sites (tertiary alicyclic amines) is 1. The van der Waals surface area contributed by atoms with Crippen molar-refractivity contribution in [1.29, 1.82) is 0 Å². The number of amides is 1. The summed E-state index contributed by atoms with van der Waals surface area (Å²) in [6.07, 6.45) is 0.643. The molecule has 1 aromatic carbocycles. The minimum atomic E-state index is -0.327. The van der Waals surface area contributed by atoms with Gasteiger partial charge in [0.15, 0.2) is 0 Å². The molecule has 0 spiro atoms. The van der Waals surface area contributed by atoms with Crippen LogP contribution in [0.5, 0.6) is 0 Å². The van der Waals surface area contributed by atoms with Gasteiger partial charge in [-0.1, -0.05) is 43.3 Å². The van der Waals surface area contributed by atoms with E-state index in [1.165, 1.54) is 4.88 Å². The molecule has 1 fully saturated rings. The van der Waals surface area contributed by atoms with Crippen molar-refractivity contribution < 1.29 is 9.53 Å². The van der Waals surface area contributed by atoms with Gasteiger partial charge in [-0.2, -0.15) is 0 Å². The summed E-state index contributed by atoms with van der Waals surface area (Å²) in [4.78, 5) is 15.9. The summed E-state index contributed by atoms with van der Waals surface area (Å²) in [7, 11) is 0. The Labute approximate surface area is 147 Å². The van der Waals surface area contributed by atoms with Crippen molar-refractivity contribution in [2.45, 2.75) is 31.9 Å². The molecule has 0 saturated carbocycles. The van der Waals surface area contributed by atoms with Crippen molar-refractivity contribution in [2.75, 3.05) is 19.6 Å². The monoisotopic (exact) mass is 344 g/mol. The van der Waals surface area contributed by atoms with Crippen molar-refractivity contribution in [3.8, 4) is 0 Å². The average molecular weight is 344 g/mol. The van der Waals surface area contributed by atoms with Crippen LogP contribution in [0.3, 0.4) is 0 Å². The van der Waals surface area contributed by atoms with Crippen LogP contribution in [0.1, 0.15) is 29.7 Å². The quantitative estimate of drug-likeness (QED) is 0.896. The zero-order valence-electron chi connectivity index (χ0n) is 14.0. The van der Waals surface area contributed by atoms with Crippen molar-refractivity contribution in [3.63, 3.8) is 0 Å². The van der Waals surface area contributed by atoms with E-state index < -0.39 is 0 Å². The molecule has 24 heavy (non-hydrogen) atoms. The number of nitrogens with zero attached hydrogens (tertiary/aromatic N) is 1. The summed E-state index contributed by atoms with van der Waals surface area (Å²) in [5.41, 5.74) is 1.00. The number of carbonyl (C=O) groups excluding carboxylic acids is 1. The number of carbonyl (C=O) groups is 1. The Kier molecular flexibility index (Phi) is 5.88. The third-order valence-corrected chi connectivity index (χ3v) is 5.49. The smallest absolute Gasteiger partial charge is 0.407 e. The van der Waals surface area contributed by atoms with Gasteiger partial charge >= 0.3 is 6.09 Å². The Balaban J connectivity index is 1.54. The van der Waals surface area contributed by atoms with Crippen LogP contribution in [0.4, 0.5) is 4.79 Å². The molecule has 0 aliphatic carbocycles. The molecule has 5 heteroatoms. The van der Waals surface area contributed by atoms with Crippen LogP contribution in [0.25, 0.3) is 0 Å². The van der Waals surface area contributed by atoms with E-state index >= 15 is 0 Å². The molecule has 1 saturated heterocycles. The van der Waals surface area contributed by atoms with Gasteiger partial charge in [0.1, 0.15) is 6.61 Å². The number of thiophene rings is 1. The first-order valence-electron chi connectivity index (χ1n) is 8.47. The number of likely N-dealkylation sites (N-methyl/N-ethyl adjacent to an activating group) is 1. The maximum Gasteiger partial charge on any atom is 0.407 e. The summed E-state index contributed by atoms with van der Waals surface area (Å²) in [5, 5.41) is 5.17. The molecule has 2 heterocycles. The standard InChI is InChI=1S/C19H24N2O2S/c1-2-21-12-16(18-9-6-10-24-18)11-17(13-21)20-19(22)23-14-15-7-4-3-5-8-15/h3-10,16-17H,2,11-14H2,1H3,(H,20,22). The zero-order valence-corrected chi connectivity index (χ0v) is 14.8. The average Bonchev–Trinajstić information content (AvgIpc) is 3.15. The molecule has 4 nitrogen and oxygen atoms in total. The first-order valence-corrected chi connectivity index (χ1v) is 9.35. The van der Waals surface area contributed by atoms with Crippen molar-refractivity contribution in [3.05, 3.63) is 58.3 Å². The molecule has 1 aliphatic rings. The summed E-state index contributed by atoms with van der Waals surface area (Å²) >= 11 is 1.80. The molecule has 1 aliphatic heterocycles. The van der Waals surface area contributed by atoms with Gasteiger partial charge in [0.05, 0.1) is 0 Å². The molecule has 128 valence electrons. The van der Waals surface area contributed by atoms with Gasteiger partial charge in [0.25, 0.3) is 0 Å². The van der Waals surface area contributed by atoms with E-state index in [-0.39, 0.29) is 12.1 Å². The van der Waals surface area contributed by atoms with E-state index in [0.717, 1.165) is 31.6 Å². The normalized spacial score (nSPS) is 21.4. The molecule has 2 unspecified atom stereocenters. The maximum absolute atomic E-state index is 12.1. The predicted molar refractivity (Wildman–Crippen MR) is 97.3 cm³/mol. The van der Waals surface area contributed by atoms with Gasteiger partial charge in [-0.3, -0.25) is 0 Å². The van der Waals surface area contributed by atoms with E-state index in [9.17, 15) is 4.79 Å². The Morgan fingerprint density at radius 3 is 2.79 bits per heavy atom. The van der Waals surface area contributed by atoms with E-state index in [0.29, 0.717) is 12.5 Å². The molecule has 0 bridgehead atoms. The minimum Gasteiger partial charge on any atom is -0.445 e. The molecule has 2 aromatic rings. The Bertz CT molecular complexity index is 630. The van der Waals surface area contributed by atoms with Gasteiger partial charge in [-0.25, -0.2) is 4.79 Å². The van der Waals surface area contributed by atoms with Gasteiger partial charge in [-0.05, 0) is 30.0 Å². The fraction of sp³-hybridized carbons (Fsp3) is 0.421. The molecule has 1 N–H and O–H groups in total. The highest BCUT2D eigenvalue weighted by Gasteiger charge is 2.29. The second kappa shape index (κ2) is 8.31. The lowest BCUT2D eigenvalue weighted by atomic mass is 9.93. The second-order valence-corrected chi connectivity index (χ2v) is 7.18. The topological polar surface area (TPSA) is 41.6 Å². The highest BCUT2D eigenvalue weighted by molar-refractivity contribution is 7.10. The molecule has 2 atom stereocenters. The minimum absolute atomic E-state index is 0.133. The van der Waals surface area contributed by atoms with Crippen LogP contribution in [0, 0.1) is 0 Å². The molecule has 3 rings (SSSR count). The second-order valence-electron chi connectivity index (χ2n) is 6.20. The van der Waals surface area contributed by atoms with Gasteiger partial charge in [0.2, 0.25) is 0 Å². The number of hydrogen-bond donors (Lipinski definition) is 1. The van der Waals surface area contributed by atoms with Gasteiger partial charge in [-0.15, -0.1) is 11.3 Å². The van der Waals surface area contributed by atoms with Crippen LogP contribution < -0.4 is 5.32 Å². The first-order chi connectivity index (χ1) is 11.7. The van der Waals surface area contributed by atoms with Crippen LogP contribution in [0.15, 0.2) is 47.8 Å². The Morgan fingerprint density at radius 1 is 1.25 bits per heavy atom. The number of ether oxygens (including phenoxy) is 1. The number of rotatable bonds is 5. The fourth-order valence-corrected chi connectivity index (χ4v) is 4.05. The summed E-state index contributed by atoms with van der Waals surface area (Å²) in [6.45, 7) is 5.43. The van der Waals surface area contributed by atoms with Crippen LogP contribution in [-0.2, 0) is 11.3 Å². The van der Waals surface area contributed by atoms with E-state index in [4.69, 9.17) is 4.74 Å². The van der Waals surface area contributed by atoms with E-state index in [1.807, 2.05) is 30.3 Å². The number of piperidine rings is 1. The Morgan fingerprint density at radius 2 is 2.08 bits per heavy atom. The number of hydrogen-bond acceptors (Lipinski definition) is 4. The van der Waals surface area contributed by atoms with E-state index in [2.05, 4.69) is 34.7 Å². The summed E-state index contributed by atoms with van der Waals surface area (Å²) in [5.74, 6) is 0.484. The molecular formula is C19H24N2O2S. The summed E-state index contributed by atoms with van der Waals surface area (Å²) in [6, 6.07) is 14.2. The number of benzene rings is 1. The number of alkyl carbamates (subject to hydrolysis) is 1. The highest BCUT2D eigenvalue weighted by Crippen LogP contribution is 2.30. The molecule has 0 radical (unpaired) electrons. The number of nitrogens with one attached hydrogen (secondary N) is 1. The van der Waals surface area contributed by atoms with Crippen LogP contribution in [-0.4, -0.2) is 36.7 Å². The largest absolute Gasteiger partial charge is 0.445 e. The van der Waals surface area contributed by atoms with Crippen LogP contribution in [0.2, 0.25) is 0 Å². The Hall–Kier alpha value is -1.85. The maximum atomic E-state index is 12.1. The summed E-state index contributed by atoms with van der Waals surface area (Å²) < 4.78 is 5.36. The van der Waals surface area contributed by atoms with Gasteiger partial charge < -0.3 is 15.0 Å². The van der Waals surface area contributed by atoms with Gasteiger partial charge in [0, 0.05) is 29.9 Å². The molecule has 1 amide bonds. The van der Waals surface area contributed by atoms with Crippen molar-refractivity contribution >= 4 is 17.4 Å². The zero-order chi connectivity index (χ0) is 16.8. The highest BCUT2D eigenvalue weighted by atomic mass is 32.1. The molecular weight excluding hydrogens is 320 g/mol. The van der Waals surface area contributed by atoms with E-state index in [1.54, 1.807) is 11.3 Å². The lowest BCUT2D eigenvalue weighted by Gasteiger charge is -2.37. The van der Waals surface area contributed by atoms with Crippen molar-refractivity contribution in [1.82, 2.24) is 10.2 Å². The van der Waals surface area contributed by atoms with Crippen LogP contribution >= 0.6 is 11.3 Å². The predicted octanol–water partition coefficient (Wildman–Crippen LogP) is 3.85. The SMILES string of the molecule is CCN1CC(NC(=O)OCc2ccccc2)CC(c2cccs2)C1. The lowest BCUT2D eigenvalue weighted by molar-refractivity contribution is 0.121. The third kappa shape index (κ3) is 4.58. The third-order valence-electron chi connectivity index (χ3n) is 4.45.